The Morgan fingerprint density at radius 2 is 1.02 bits per heavy atom. The van der Waals surface area contributed by atoms with Gasteiger partial charge in [0.25, 0.3) is 20.0 Å². The number of aryl methyl sites for hydroxylation is 4. The first kappa shape index (κ1) is 47.9. The lowest BCUT2D eigenvalue weighted by Gasteiger charge is -2.32. The van der Waals surface area contributed by atoms with E-state index in [1.165, 1.54) is 48.8 Å². The molecule has 7 heterocycles. The highest BCUT2D eigenvalue weighted by Gasteiger charge is 2.53. The molecule has 1 aliphatic heterocycles. The Morgan fingerprint density at radius 1 is 0.625 bits per heavy atom. The van der Waals surface area contributed by atoms with E-state index in [0.29, 0.717) is 49.4 Å². The van der Waals surface area contributed by atoms with Crippen molar-refractivity contribution in [1.82, 2.24) is 28.2 Å². The molecular formula is C44H46BBrF2N6O8S2. The summed E-state index contributed by atoms with van der Waals surface area (Å²) in [6.07, 6.45) is 2.77. The zero-order valence-electron chi connectivity index (χ0n) is 34.6. The molecule has 0 saturated carbocycles. The molecule has 64 heavy (non-hydrogen) atoms. The molecule has 8 aromatic rings. The highest BCUT2D eigenvalue weighted by Crippen LogP contribution is 2.39. The standard InChI is InChI=1S/C24H25BFN3O5S.C18H13BrFN3O3S.2CH4/c1-14-20(15(2)32-28-14)21-19(26)12-17-18(25-33-23(3,4)24(5,6)34-25)13-29(22(17)27-21)35(30,31)16-10-8-7-9-11-16;1-10-16(11(2)26-22-10)17-15(20)8-13-14(19)9-23(18(13)21-17)27(24,25)12-6-4-3-5-7-12;;/h7-13H,1-6H3;3-9H,1-2H3;2*1H4. The van der Waals surface area contributed by atoms with Gasteiger partial charge in [-0.25, -0.2) is 43.5 Å². The maximum Gasteiger partial charge on any atom is 0.497 e. The molecule has 20 heteroatoms. The number of hydrogen-bond acceptors (Lipinski definition) is 12. The monoisotopic (exact) mass is 978 g/mol. The minimum absolute atomic E-state index is 0. The van der Waals surface area contributed by atoms with Crippen LogP contribution >= 0.6 is 15.9 Å². The van der Waals surface area contributed by atoms with E-state index in [4.69, 9.17) is 18.4 Å². The lowest BCUT2D eigenvalue weighted by atomic mass is 9.79. The molecule has 1 aliphatic rings. The molecule has 0 N–H and O–H groups in total. The topological polar surface area (TPSA) is 174 Å². The average Bonchev–Trinajstić information content (AvgIpc) is 4.00. The van der Waals surface area contributed by atoms with Crippen LogP contribution in [0.2, 0.25) is 0 Å². The zero-order chi connectivity index (χ0) is 44.7. The molecule has 0 spiro atoms. The molecule has 0 bridgehead atoms. The molecule has 1 fully saturated rings. The smallest absolute Gasteiger partial charge is 0.399 e. The van der Waals surface area contributed by atoms with Crippen LogP contribution in [0.3, 0.4) is 0 Å². The van der Waals surface area contributed by atoms with E-state index >= 15 is 4.39 Å². The Bertz CT molecular complexity index is 3230. The summed E-state index contributed by atoms with van der Waals surface area (Å²) in [4.78, 5) is 9.01. The SMILES string of the molecule is C.C.Cc1noc(C)c1-c1nc2c(cc1F)c(B1OC(C)(C)C(C)(C)O1)cn2S(=O)(=O)c1ccccc1.Cc1noc(C)c1-c1nc2c(cc1F)c(Br)cn2S(=O)(=O)c1ccccc1. The Labute approximate surface area is 379 Å². The summed E-state index contributed by atoms with van der Waals surface area (Å²) >= 11 is 3.30. The van der Waals surface area contributed by atoms with E-state index in [9.17, 15) is 21.2 Å². The third kappa shape index (κ3) is 7.99. The Hall–Kier alpha value is -5.54. The molecule has 336 valence electrons. The van der Waals surface area contributed by atoms with Crippen LogP contribution in [0.25, 0.3) is 44.6 Å². The van der Waals surface area contributed by atoms with Crippen LogP contribution in [-0.4, -0.2) is 63.4 Å². The Kier molecular flexibility index (Phi) is 12.8. The largest absolute Gasteiger partial charge is 0.497 e. The van der Waals surface area contributed by atoms with E-state index in [1.54, 1.807) is 64.1 Å². The molecule has 0 radical (unpaired) electrons. The number of nitrogens with zero attached hydrogens (tertiary/aromatic N) is 6. The third-order valence-corrected chi connectivity index (χ3v) is 15.0. The van der Waals surface area contributed by atoms with Crippen molar-refractivity contribution >= 4 is 70.6 Å². The van der Waals surface area contributed by atoms with Crippen LogP contribution in [-0.2, 0) is 29.4 Å². The lowest BCUT2D eigenvalue weighted by Crippen LogP contribution is -2.41. The second kappa shape index (κ2) is 17.1. The van der Waals surface area contributed by atoms with Crippen molar-refractivity contribution in [2.75, 3.05) is 0 Å². The molecule has 0 atom stereocenters. The summed E-state index contributed by atoms with van der Waals surface area (Å²) < 4.78 is 109. The predicted molar refractivity (Wildman–Crippen MR) is 244 cm³/mol. The lowest BCUT2D eigenvalue weighted by molar-refractivity contribution is 0.00578. The van der Waals surface area contributed by atoms with Crippen molar-refractivity contribution in [3.63, 3.8) is 0 Å². The first-order valence-corrected chi connectivity index (χ1v) is 22.7. The second-order valence-electron chi connectivity index (χ2n) is 15.7. The van der Waals surface area contributed by atoms with Gasteiger partial charge in [0.2, 0.25) is 0 Å². The molecular weight excluding hydrogens is 933 g/mol. The number of pyridine rings is 2. The summed E-state index contributed by atoms with van der Waals surface area (Å²) in [5.74, 6) is -0.447. The van der Waals surface area contributed by atoms with E-state index in [-0.39, 0.29) is 52.7 Å². The summed E-state index contributed by atoms with van der Waals surface area (Å²) in [5, 5.41) is 8.33. The van der Waals surface area contributed by atoms with E-state index in [2.05, 4.69) is 36.2 Å². The van der Waals surface area contributed by atoms with Gasteiger partial charge in [-0.05, 0) is 108 Å². The molecule has 0 unspecified atom stereocenters. The highest BCUT2D eigenvalue weighted by atomic mass is 79.9. The zero-order valence-corrected chi connectivity index (χ0v) is 37.8. The molecule has 6 aromatic heterocycles. The third-order valence-electron chi connectivity index (χ3n) is 11.0. The second-order valence-corrected chi connectivity index (χ2v) is 20.1. The van der Waals surface area contributed by atoms with Gasteiger partial charge in [0.15, 0.2) is 11.3 Å². The minimum Gasteiger partial charge on any atom is -0.399 e. The fourth-order valence-corrected chi connectivity index (χ4v) is 10.4. The summed E-state index contributed by atoms with van der Waals surface area (Å²) in [6, 6.07) is 18.5. The molecule has 0 aliphatic carbocycles. The fourth-order valence-electron chi connectivity index (χ4n) is 7.10. The maximum atomic E-state index is 15.5. The molecule has 9 rings (SSSR count). The van der Waals surface area contributed by atoms with Gasteiger partial charge < -0.3 is 18.4 Å². The van der Waals surface area contributed by atoms with Crippen molar-refractivity contribution < 1.29 is 44.0 Å². The number of fused-ring (bicyclic) bond motifs is 2. The van der Waals surface area contributed by atoms with Gasteiger partial charge in [-0.1, -0.05) is 61.6 Å². The van der Waals surface area contributed by atoms with E-state index in [1.807, 2.05) is 27.7 Å². The highest BCUT2D eigenvalue weighted by molar-refractivity contribution is 9.10. The van der Waals surface area contributed by atoms with Crippen LogP contribution in [0.1, 0.15) is 65.5 Å². The first-order valence-electron chi connectivity index (χ1n) is 19.1. The minimum atomic E-state index is -4.07. The van der Waals surface area contributed by atoms with Crippen molar-refractivity contribution in [1.29, 1.82) is 0 Å². The van der Waals surface area contributed by atoms with Gasteiger partial charge in [0.1, 0.15) is 34.5 Å². The number of hydrogen-bond donors (Lipinski definition) is 0. The molecule has 0 amide bonds. The van der Waals surface area contributed by atoms with E-state index < -0.39 is 50.0 Å². The summed E-state index contributed by atoms with van der Waals surface area (Å²) in [6.45, 7) is 14.2. The Morgan fingerprint density at radius 3 is 1.42 bits per heavy atom. The van der Waals surface area contributed by atoms with Crippen LogP contribution in [0.4, 0.5) is 8.78 Å². The van der Waals surface area contributed by atoms with Gasteiger partial charge in [0.05, 0.1) is 43.5 Å². The van der Waals surface area contributed by atoms with Gasteiger partial charge in [0, 0.05) is 33.1 Å². The average molecular weight is 980 g/mol. The van der Waals surface area contributed by atoms with Crippen molar-refractivity contribution in [3.8, 4) is 22.5 Å². The normalized spacial score (nSPS) is 14.6. The van der Waals surface area contributed by atoms with Crippen molar-refractivity contribution in [3.05, 3.63) is 124 Å². The molecule has 1 saturated heterocycles. The summed E-state index contributed by atoms with van der Waals surface area (Å²) in [7, 11) is -8.89. The van der Waals surface area contributed by atoms with Crippen LogP contribution in [0.15, 0.2) is 108 Å². The van der Waals surface area contributed by atoms with Gasteiger partial charge in [-0.15, -0.1) is 0 Å². The summed E-state index contributed by atoms with van der Waals surface area (Å²) in [5.41, 5.74) is 0.851. The Balaban J connectivity index is 0.000000212. The predicted octanol–water partition coefficient (Wildman–Crippen LogP) is 9.70. The van der Waals surface area contributed by atoms with Gasteiger partial charge in [-0.3, -0.25) is 0 Å². The van der Waals surface area contributed by atoms with Crippen LogP contribution < -0.4 is 5.46 Å². The number of rotatable bonds is 7. The van der Waals surface area contributed by atoms with Crippen LogP contribution in [0, 0.1) is 39.3 Å². The quantitative estimate of drug-likeness (QED) is 0.139. The van der Waals surface area contributed by atoms with Crippen molar-refractivity contribution in [2.45, 2.75) is 91.2 Å². The van der Waals surface area contributed by atoms with Gasteiger partial charge >= 0.3 is 7.12 Å². The first-order chi connectivity index (χ1) is 29.1. The number of benzene rings is 2. The van der Waals surface area contributed by atoms with Gasteiger partial charge in [-0.2, -0.15) is 0 Å². The fraction of sp³-hybridized carbons (Fsp3) is 0.273. The maximum absolute atomic E-state index is 15.5. The number of aromatic nitrogens is 6. The van der Waals surface area contributed by atoms with Crippen molar-refractivity contribution in [2.24, 2.45) is 0 Å². The molecule has 2 aromatic carbocycles. The number of halogens is 3. The van der Waals surface area contributed by atoms with Crippen LogP contribution in [0.5, 0.6) is 0 Å². The van der Waals surface area contributed by atoms with E-state index in [0.717, 1.165) is 7.94 Å². The molecule has 14 nitrogen and oxygen atoms in total.